The minimum atomic E-state index is -0.762. The van der Waals surface area contributed by atoms with Gasteiger partial charge in [-0.15, -0.1) is 5.10 Å². The van der Waals surface area contributed by atoms with Crippen molar-refractivity contribution >= 4 is 29.4 Å². The first kappa shape index (κ1) is 21.9. The van der Waals surface area contributed by atoms with Crippen LogP contribution in [0.25, 0.3) is 11.7 Å². The van der Waals surface area contributed by atoms with Crippen molar-refractivity contribution in [2.45, 2.75) is 39.3 Å². The summed E-state index contributed by atoms with van der Waals surface area (Å²) in [6.07, 6.45) is 4.55. The second-order valence-electron chi connectivity index (χ2n) is 8.56. The number of ether oxygens (including phenoxy) is 1. The summed E-state index contributed by atoms with van der Waals surface area (Å²) in [6.45, 7) is 6.13. The zero-order chi connectivity index (χ0) is 23.0. The maximum Gasteiger partial charge on any atom is 0.291 e. The molecule has 172 valence electrons. The number of hydrogen-bond acceptors (Lipinski definition) is 7. The maximum absolute atomic E-state index is 13.1. The number of rotatable bonds is 6. The first-order valence-corrected chi connectivity index (χ1v) is 10.8. The Hall–Kier alpha value is -3.34. The number of aromatic nitrogens is 3. The summed E-state index contributed by atoms with van der Waals surface area (Å²) < 4.78 is 7.74. The molecule has 1 saturated carbocycles. The van der Waals surface area contributed by atoms with Crippen LogP contribution in [0.5, 0.6) is 5.88 Å². The molecule has 2 amide bonds. The number of anilines is 1. The Labute approximate surface area is 184 Å². The van der Waals surface area contributed by atoms with E-state index in [-0.39, 0.29) is 34.9 Å². The fraction of sp³-hybridized carbons (Fsp3) is 0.524. The lowest BCUT2D eigenvalue weighted by atomic mass is 10.2. The second kappa shape index (κ2) is 8.65. The molecule has 3 heterocycles. The smallest absolute Gasteiger partial charge is 0.291 e. The van der Waals surface area contributed by atoms with Crippen LogP contribution in [0.15, 0.2) is 10.9 Å². The van der Waals surface area contributed by atoms with Crippen LogP contribution < -0.4 is 16.6 Å². The van der Waals surface area contributed by atoms with Crippen molar-refractivity contribution in [3.63, 3.8) is 0 Å². The van der Waals surface area contributed by atoms with Crippen LogP contribution in [0.3, 0.4) is 0 Å². The van der Waals surface area contributed by atoms with Crippen LogP contribution in [0.1, 0.15) is 42.6 Å². The van der Waals surface area contributed by atoms with Crippen molar-refractivity contribution in [3.05, 3.63) is 27.6 Å². The van der Waals surface area contributed by atoms with Crippen LogP contribution in [0.2, 0.25) is 0 Å². The topological polar surface area (TPSA) is 144 Å². The second-order valence-corrected chi connectivity index (χ2v) is 8.56. The molecular weight excluding hydrogens is 416 g/mol. The summed E-state index contributed by atoms with van der Waals surface area (Å²) in [5.41, 5.74) is 5.52. The Morgan fingerprint density at radius 1 is 1.31 bits per heavy atom. The van der Waals surface area contributed by atoms with E-state index < -0.39 is 17.3 Å². The van der Waals surface area contributed by atoms with E-state index in [1.807, 2.05) is 13.8 Å². The Morgan fingerprint density at radius 3 is 2.62 bits per heavy atom. The molecule has 4 rings (SSSR count). The SMILES string of the molecule is CC(C)Cn1c(O)c(C(=O)NC2CC2)c(=O)n2nc(N)c(/C=C/C(=O)N3CCOCC3)c12. The molecule has 11 nitrogen and oxygen atoms in total. The van der Waals surface area contributed by atoms with Gasteiger partial charge in [-0.1, -0.05) is 13.8 Å². The number of amides is 2. The molecule has 2 aliphatic rings. The molecular formula is C21H28N6O5. The highest BCUT2D eigenvalue weighted by atomic mass is 16.5. The molecule has 0 spiro atoms. The highest BCUT2D eigenvalue weighted by Gasteiger charge is 2.30. The molecule has 4 N–H and O–H groups in total. The fourth-order valence-corrected chi connectivity index (χ4v) is 3.70. The van der Waals surface area contributed by atoms with Gasteiger partial charge in [0.05, 0.1) is 18.8 Å². The van der Waals surface area contributed by atoms with E-state index in [0.717, 1.165) is 17.4 Å². The van der Waals surface area contributed by atoms with Gasteiger partial charge < -0.3 is 25.8 Å². The van der Waals surface area contributed by atoms with Crippen LogP contribution in [-0.4, -0.2) is 68.3 Å². The van der Waals surface area contributed by atoms with E-state index in [0.29, 0.717) is 38.4 Å². The average Bonchev–Trinajstić information content (AvgIpc) is 3.50. The van der Waals surface area contributed by atoms with Gasteiger partial charge in [-0.3, -0.25) is 19.0 Å². The summed E-state index contributed by atoms with van der Waals surface area (Å²) in [4.78, 5) is 39.9. The van der Waals surface area contributed by atoms with Crippen molar-refractivity contribution in [2.24, 2.45) is 5.92 Å². The van der Waals surface area contributed by atoms with Crippen molar-refractivity contribution in [1.29, 1.82) is 0 Å². The van der Waals surface area contributed by atoms with E-state index in [2.05, 4.69) is 10.4 Å². The van der Waals surface area contributed by atoms with Crippen molar-refractivity contribution in [2.75, 3.05) is 32.0 Å². The molecule has 0 radical (unpaired) electrons. The van der Waals surface area contributed by atoms with Crippen molar-refractivity contribution < 1.29 is 19.4 Å². The fourth-order valence-electron chi connectivity index (χ4n) is 3.70. The standard InChI is InChI=1S/C21H28N6O5/c1-12(2)11-26-19-14(5-6-15(28)25-7-9-32-10-8-25)17(22)24-27(19)21(31)16(20(26)30)18(29)23-13-3-4-13/h5-6,12-13,30H,3-4,7-11H2,1-2H3,(H2,22,24)(H,23,29)/b6-5+. The van der Waals surface area contributed by atoms with Gasteiger partial charge in [0, 0.05) is 31.8 Å². The van der Waals surface area contributed by atoms with Crippen molar-refractivity contribution in [3.8, 4) is 5.88 Å². The highest BCUT2D eigenvalue weighted by Crippen LogP contribution is 2.27. The zero-order valence-electron chi connectivity index (χ0n) is 18.2. The quantitative estimate of drug-likeness (QED) is 0.540. The van der Waals surface area contributed by atoms with Crippen LogP contribution >= 0.6 is 0 Å². The molecule has 1 aliphatic carbocycles. The number of carbonyl (C=O) groups is 2. The van der Waals surface area contributed by atoms with Crippen LogP contribution in [-0.2, 0) is 16.1 Å². The molecule has 2 fully saturated rings. The summed E-state index contributed by atoms with van der Waals surface area (Å²) in [5.74, 6) is -1.19. The largest absolute Gasteiger partial charge is 0.494 e. The number of fused-ring (bicyclic) bond motifs is 1. The molecule has 1 saturated heterocycles. The number of hydrogen-bond donors (Lipinski definition) is 3. The third-order valence-electron chi connectivity index (χ3n) is 5.47. The van der Waals surface area contributed by atoms with Gasteiger partial charge in [-0.2, -0.15) is 4.52 Å². The van der Waals surface area contributed by atoms with Crippen LogP contribution in [0.4, 0.5) is 5.82 Å². The van der Waals surface area contributed by atoms with Gasteiger partial charge in [-0.25, -0.2) is 0 Å². The van der Waals surface area contributed by atoms with E-state index in [1.165, 1.54) is 16.7 Å². The zero-order valence-corrected chi connectivity index (χ0v) is 18.2. The number of aromatic hydroxyl groups is 1. The van der Waals surface area contributed by atoms with Gasteiger partial charge in [0.1, 0.15) is 0 Å². The van der Waals surface area contributed by atoms with Gasteiger partial charge in [0.15, 0.2) is 17.0 Å². The number of carbonyl (C=O) groups excluding carboxylic acids is 2. The molecule has 0 aromatic carbocycles. The third-order valence-corrected chi connectivity index (χ3v) is 5.47. The molecule has 0 unspecified atom stereocenters. The lowest BCUT2D eigenvalue weighted by Crippen LogP contribution is -2.39. The number of nitrogens with one attached hydrogen (secondary N) is 1. The Kier molecular flexibility index (Phi) is 5.92. The van der Waals surface area contributed by atoms with E-state index in [4.69, 9.17) is 10.5 Å². The monoisotopic (exact) mass is 444 g/mol. The Morgan fingerprint density at radius 2 is 2.00 bits per heavy atom. The molecule has 1 aliphatic heterocycles. The minimum Gasteiger partial charge on any atom is -0.494 e. The van der Waals surface area contributed by atoms with E-state index in [1.54, 1.807) is 4.90 Å². The average molecular weight is 444 g/mol. The number of morpholine rings is 1. The summed E-state index contributed by atoms with van der Waals surface area (Å²) in [5, 5.41) is 17.8. The van der Waals surface area contributed by atoms with Crippen molar-refractivity contribution in [1.82, 2.24) is 24.4 Å². The van der Waals surface area contributed by atoms with E-state index >= 15 is 0 Å². The molecule has 2 aromatic rings. The summed E-state index contributed by atoms with van der Waals surface area (Å²) in [6, 6.07) is 0.0166. The molecule has 11 heteroatoms. The van der Waals surface area contributed by atoms with Gasteiger partial charge in [0.25, 0.3) is 11.5 Å². The summed E-state index contributed by atoms with van der Waals surface area (Å²) >= 11 is 0. The van der Waals surface area contributed by atoms with E-state index in [9.17, 15) is 19.5 Å². The number of nitrogens with two attached hydrogens (primary N) is 1. The maximum atomic E-state index is 13.1. The first-order chi connectivity index (χ1) is 15.3. The lowest BCUT2D eigenvalue weighted by Gasteiger charge is -2.25. The molecule has 32 heavy (non-hydrogen) atoms. The lowest BCUT2D eigenvalue weighted by molar-refractivity contribution is -0.129. The first-order valence-electron chi connectivity index (χ1n) is 10.8. The van der Waals surface area contributed by atoms with Crippen LogP contribution in [0, 0.1) is 5.92 Å². The van der Waals surface area contributed by atoms with Gasteiger partial charge >= 0.3 is 0 Å². The van der Waals surface area contributed by atoms with Gasteiger partial charge in [0.2, 0.25) is 11.8 Å². The summed E-state index contributed by atoms with van der Waals surface area (Å²) in [7, 11) is 0. The van der Waals surface area contributed by atoms with Gasteiger partial charge in [-0.05, 0) is 24.8 Å². The Bertz CT molecular complexity index is 1140. The molecule has 0 atom stereocenters. The number of nitrogen functional groups attached to an aromatic ring is 1. The normalized spacial score (nSPS) is 16.9. The number of nitrogens with zero attached hydrogens (tertiary/aromatic N) is 4. The minimum absolute atomic E-state index is 0.0166. The highest BCUT2D eigenvalue weighted by molar-refractivity contribution is 5.97. The molecule has 0 bridgehead atoms. The Balaban J connectivity index is 1.81. The predicted molar refractivity (Wildman–Crippen MR) is 117 cm³/mol. The molecule has 2 aromatic heterocycles. The third kappa shape index (κ3) is 4.20. The predicted octanol–water partition coefficient (Wildman–Crippen LogP) is 0.204.